The molecule has 5 N–H and O–H groups in total. The molecule has 0 aromatic carbocycles. The predicted molar refractivity (Wildman–Crippen MR) is 159 cm³/mol. The molecule has 2 saturated heterocycles. The summed E-state index contributed by atoms with van der Waals surface area (Å²) in [5.74, 6) is -0.835. The number of rotatable bonds is 9. The van der Waals surface area contributed by atoms with Gasteiger partial charge in [-0.15, -0.1) is 0 Å². The zero-order valence-corrected chi connectivity index (χ0v) is 25.8. The van der Waals surface area contributed by atoms with Crippen LogP contribution in [-0.4, -0.2) is 73.5 Å². The maximum absolute atomic E-state index is 12.3. The van der Waals surface area contributed by atoms with Gasteiger partial charge < -0.3 is 35.7 Å². The van der Waals surface area contributed by atoms with Gasteiger partial charge in [-0.05, 0) is 59.0 Å². The van der Waals surface area contributed by atoms with Crippen molar-refractivity contribution in [2.45, 2.75) is 110 Å². The number of aliphatic imine (C=N–C) groups is 1. The fraction of sp³-hybridized carbons (Fsp3) is 0.667. The second-order valence-corrected chi connectivity index (χ2v) is 11.0. The first-order valence-corrected chi connectivity index (χ1v) is 14.1. The number of carbonyl (C=O) groups excluding carboxylic acids is 3. The number of amides is 2. The molecule has 2 aliphatic heterocycles. The summed E-state index contributed by atoms with van der Waals surface area (Å²) < 4.78 is 22.8. The van der Waals surface area contributed by atoms with E-state index >= 15 is 0 Å². The molecule has 11 nitrogen and oxygen atoms in total. The number of guanidine groups is 1. The van der Waals surface area contributed by atoms with Crippen LogP contribution in [0, 0.1) is 5.92 Å². The molecule has 2 aliphatic rings. The predicted octanol–water partition coefficient (Wildman–Crippen LogP) is 3.08. The molecule has 232 valence electrons. The number of nitrogens with zero attached hydrogens (tertiary/aromatic N) is 1. The topological polar surface area (TPSA) is 165 Å². The summed E-state index contributed by atoms with van der Waals surface area (Å²) in [5, 5.41) is 3.02. The smallest absolute Gasteiger partial charge is 0.303 e. The van der Waals surface area contributed by atoms with E-state index in [1.165, 1.54) is 25.5 Å². The average Bonchev–Trinajstić information content (AvgIpc) is 2.86. The third kappa shape index (κ3) is 15.0. The van der Waals surface area contributed by atoms with Crippen molar-refractivity contribution in [3.8, 4) is 0 Å². The molecule has 2 rings (SSSR count). The monoisotopic (exact) mass is 578 g/mol. The lowest BCUT2D eigenvalue weighted by molar-refractivity contribution is -0.143. The number of hydrogen-bond donors (Lipinski definition) is 3. The fourth-order valence-electron chi connectivity index (χ4n) is 4.60. The van der Waals surface area contributed by atoms with Crippen LogP contribution in [0.4, 0.5) is 0 Å². The minimum Gasteiger partial charge on any atom is -0.459 e. The Balaban J connectivity index is 0.00000106. The minimum atomic E-state index is -0.440. The van der Waals surface area contributed by atoms with Gasteiger partial charge in [0, 0.05) is 33.5 Å². The van der Waals surface area contributed by atoms with Crippen LogP contribution in [0.2, 0.25) is 0 Å². The second-order valence-electron chi connectivity index (χ2n) is 11.0. The summed E-state index contributed by atoms with van der Waals surface area (Å²) in [6.07, 6.45) is 12.5. The molecule has 11 heteroatoms. The highest BCUT2D eigenvalue weighted by Gasteiger charge is 2.34. The molecule has 0 saturated carbocycles. The van der Waals surface area contributed by atoms with E-state index in [1.807, 2.05) is 6.92 Å². The Morgan fingerprint density at radius 3 is 2.41 bits per heavy atom. The lowest BCUT2D eigenvalue weighted by Crippen LogP contribution is -2.50. The Morgan fingerprint density at radius 2 is 1.85 bits per heavy atom. The van der Waals surface area contributed by atoms with Gasteiger partial charge in [0.05, 0.1) is 36.6 Å². The molecular weight excluding hydrogens is 528 g/mol. The van der Waals surface area contributed by atoms with Crippen LogP contribution in [0.1, 0.15) is 74.1 Å². The van der Waals surface area contributed by atoms with Crippen molar-refractivity contribution >= 4 is 23.7 Å². The molecule has 0 aliphatic carbocycles. The van der Waals surface area contributed by atoms with Crippen LogP contribution in [0.3, 0.4) is 0 Å². The maximum atomic E-state index is 12.3. The van der Waals surface area contributed by atoms with E-state index in [-0.39, 0.29) is 53.7 Å². The summed E-state index contributed by atoms with van der Waals surface area (Å²) in [7, 11) is 1.77. The highest BCUT2D eigenvalue weighted by molar-refractivity contribution is 5.90. The average molecular weight is 579 g/mol. The van der Waals surface area contributed by atoms with Gasteiger partial charge in [0.15, 0.2) is 5.96 Å². The Kier molecular flexibility index (Phi) is 15.6. The van der Waals surface area contributed by atoms with E-state index in [1.54, 1.807) is 20.1 Å². The van der Waals surface area contributed by atoms with E-state index in [2.05, 4.69) is 49.3 Å². The summed E-state index contributed by atoms with van der Waals surface area (Å²) >= 11 is 0. The molecule has 0 bridgehead atoms. The van der Waals surface area contributed by atoms with Crippen molar-refractivity contribution in [1.82, 2.24) is 5.32 Å². The van der Waals surface area contributed by atoms with Crippen LogP contribution in [0.15, 0.2) is 40.9 Å². The highest BCUT2D eigenvalue weighted by atomic mass is 16.5. The van der Waals surface area contributed by atoms with Gasteiger partial charge in [-0.25, -0.2) is 0 Å². The molecule has 2 fully saturated rings. The van der Waals surface area contributed by atoms with Crippen LogP contribution in [0.25, 0.3) is 0 Å². The number of methoxy groups -OCH3 is 1. The quantitative estimate of drug-likeness (QED) is 0.123. The molecule has 7 unspecified atom stereocenters. The number of hydrogen-bond acceptors (Lipinski definition) is 7. The van der Waals surface area contributed by atoms with Crippen LogP contribution < -0.4 is 16.8 Å². The normalized spacial score (nSPS) is 29.3. The molecule has 2 amide bonds. The van der Waals surface area contributed by atoms with Crippen molar-refractivity contribution in [2.75, 3.05) is 13.7 Å². The van der Waals surface area contributed by atoms with Crippen LogP contribution in [0.5, 0.6) is 0 Å². The van der Waals surface area contributed by atoms with Gasteiger partial charge >= 0.3 is 5.97 Å². The Morgan fingerprint density at radius 1 is 1.17 bits per heavy atom. The zero-order valence-electron chi connectivity index (χ0n) is 25.8. The zero-order chi connectivity index (χ0) is 31.2. The van der Waals surface area contributed by atoms with Crippen molar-refractivity contribution in [3.63, 3.8) is 0 Å². The second kappa shape index (κ2) is 17.7. The lowest BCUT2D eigenvalue weighted by Gasteiger charge is -2.39. The number of carbonyl (C=O) groups is 3. The molecule has 7 atom stereocenters. The standard InChI is InChI=1S/C27H43NO6.C3H7N3O/c1-18(8-11-23-17-27(6,31-7)14-15-32-23)9-12-25-19(2)16-24(21(4)34-25)28-26(30)13-10-20(3)33-22(5)29;1-2(7)6-3(4)5/h8-11,13,19-21,23-25H,12,14-17H2,1-7H3,(H,28,30);1H3,(H4,4,5,6,7)/b11-8+,13-10-,18-9+;. The number of nitrogens with one attached hydrogen (secondary N) is 1. The summed E-state index contributed by atoms with van der Waals surface area (Å²) in [6.45, 7) is 13.4. The third-order valence-electron chi connectivity index (χ3n) is 7.04. The number of ether oxygens (including phenoxy) is 4. The van der Waals surface area contributed by atoms with Crippen LogP contribution in [-0.2, 0) is 33.3 Å². The van der Waals surface area contributed by atoms with Crippen molar-refractivity contribution in [1.29, 1.82) is 0 Å². The van der Waals surface area contributed by atoms with Gasteiger partial charge in [-0.1, -0.05) is 30.7 Å². The Bertz CT molecular complexity index is 989. The van der Waals surface area contributed by atoms with Gasteiger partial charge in [-0.2, -0.15) is 4.99 Å². The van der Waals surface area contributed by atoms with Crippen molar-refractivity contribution < 1.29 is 33.3 Å². The fourth-order valence-corrected chi connectivity index (χ4v) is 4.60. The molecular formula is C30H50N4O7. The SMILES string of the molecule is CC(=O)N=C(N)N.COC1(C)CCOC(/C=C/C(C)=C/CC2OC(C)C(NC(=O)/C=C\C(C)OC(C)=O)CC2C)C1. The number of esters is 1. The van der Waals surface area contributed by atoms with Gasteiger partial charge in [0.25, 0.3) is 0 Å². The highest BCUT2D eigenvalue weighted by Crippen LogP contribution is 2.29. The lowest BCUT2D eigenvalue weighted by atomic mass is 9.88. The molecule has 0 aromatic rings. The first-order chi connectivity index (χ1) is 19.1. The van der Waals surface area contributed by atoms with E-state index in [9.17, 15) is 14.4 Å². The maximum Gasteiger partial charge on any atom is 0.303 e. The van der Waals surface area contributed by atoms with Gasteiger partial charge in [0.2, 0.25) is 11.8 Å². The first kappa shape index (κ1) is 36.0. The largest absolute Gasteiger partial charge is 0.459 e. The van der Waals surface area contributed by atoms with Crippen molar-refractivity contribution in [2.24, 2.45) is 22.4 Å². The van der Waals surface area contributed by atoms with E-state index in [4.69, 9.17) is 30.4 Å². The molecule has 2 heterocycles. The van der Waals surface area contributed by atoms with E-state index in [0.717, 1.165) is 25.7 Å². The molecule has 41 heavy (non-hydrogen) atoms. The summed E-state index contributed by atoms with van der Waals surface area (Å²) in [5.41, 5.74) is 10.7. The number of allylic oxidation sites excluding steroid dienone is 2. The van der Waals surface area contributed by atoms with E-state index in [0.29, 0.717) is 12.5 Å². The molecule has 0 aromatic heterocycles. The van der Waals surface area contributed by atoms with Crippen molar-refractivity contribution in [3.05, 3.63) is 36.0 Å². The van der Waals surface area contributed by atoms with Gasteiger partial charge in [-0.3, -0.25) is 14.4 Å². The van der Waals surface area contributed by atoms with Crippen LogP contribution >= 0.6 is 0 Å². The first-order valence-electron chi connectivity index (χ1n) is 14.1. The van der Waals surface area contributed by atoms with E-state index < -0.39 is 6.10 Å². The Labute approximate surface area is 244 Å². The number of nitrogens with two attached hydrogens (primary N) is 2. The molecule has 0 spiro atoms. The summed E-state index contributed by atoms with van der Waals surface area (Å²) in [6, 6.07) is -0.0593. The van der Waals surface area contributed by atoms with Gasteiger partial charge in [0.1, 0.15) is 6.10 Å². The Hall–Kier alpha value is -3.02. The third-order valence-corrected chi connectivity index (χ3v) is 7.04. The minimum absolute atomic E-state index is 0.0593. The summed E-state index contributed by atoms with van der Waals surface area (Å²) in [4.78, 5) is 36.3. The molecule has 0 radical (unpaired) electrons.